The first-order chi connectivity index (χ1) is 20.2. The zero-order valence-corrected chi connectivity index (χ0v) is 26.8. The molecule has 0 fully saturated rings. The second kappa shape index (κ2) is 11.4. The van der Waals surface area contributed by atoms with Crippen molar-refractivity contribution in [2.45, 2.75) is 53.5 Å². The van der Waals surface area contributed by atoms with Crippen molar-refractivity contribution in [2.75, 3.05) is 7.11 Å². The van der Waals surface area contributed by atoms with Crippen molar-refractivity contribution in [3.05, 3.63) is 78.3 Å². The van der Waals surface area contributed by atoms with Crippen LogP contribution in [-0.2, 0) is 16.0 Å². The monoisotopic (exact) mass is 585 g/mol. The van der Waals surface area contributed by atoms with Gasteiger partial charge in [-0.05, 0) is 37.3 Å². The van der Waals surface area contributed by atoms with Crippen molar-refractivity contribution in [3.63, 3.8) is 0 Å². The molecule has 0 saturated heterocycles. The number of hydrogen-bond donors (Lipinski definition) is 1. The summed E-state index contributed by atoms with van der Waals surface area (Å²) in [5.74, 6) is -0.648. The molecule has 0 saturated carbocycles. The molecule has 5 heterocycles. The summed E-state index contributed by atoms with van der Waals surface area (Å²) in [6, 6.07) is -0.416. The molecule has 3 aromatic rings. The Labute approximate surface area is 265 Å². The molecular formula is C34H33MgN4O4-. The van der Waals surface area contributed by atoms with Gasteiger partial charge < -0.3 is 24.8 Å². The molecule has 8 nitrogen and oxygen atoms in total. The average Bonchev–Trinajstić information content (AvgIpc) is 3.72. The number of rotatable bonds is 5. The number of aliphatic hydroxyl groups excluding tert-OH is 1. The van der Waals surface area contributed by atoms with Gasteiger partial charge in [-0.15, -0.1) is 32.8 Å². The molecule has 1 aliphatic carbocycles. The number of carbonyl (C=O) groups excluding carboxylic acids is 2. The van der Waals surface area contributed by atoms with Crippen molar-refractivity contribution in [1.82, 2.24) is 15.0 Å². The van der Waals surface area contributed by atoms with Crippen molar-refractivity contribution in [1.29, 1.82) is 0 Å². The molecule has 3 aromatic heterocycles. The molecule has 1 N–H and O–H groups in total. The minimum atomic E-state index is -0.620. The van der Waals surface area contributed by atoms with E-state index in [0.717, 1.165) is 40.5 Å². The fourth-order valence-corrected chi connectivity index (χ4v) is 6.84. The Bertz CT molecular complexity index is 2020. The molecule has 6 rings (SSSR count). The standard InChI is InChI=1S/C34H35N4O4.Mg/c1-8-18-15(4)22-11-23-16(5)19(9-2)31(37-23)29-30(34(41)42-7)33(40)28-17(6)24(38-32(28)29)12-26-20(10-3)21(14-39)27(36-26)13-25(18)35-22;/h8,11-14,16,19,31H,1,9-10H2,2-7H3,(H3-,35,36,37,38,39,40,41);/q-1;+2/p-2/t16-,19-,31?;/m0./s1. The van der Waals surface area contributed by atoms with Crippen LogP contribution in [0.4, 0.5) is 0 Å². The van der Waals surface area contributed by atoms with Gasteiger partial charge in [-0.1, -0.05) is 74.8 Å². The Morgan fingerprint density at radius 2 is 1.74 bits per heavy atom. The number of carbonyl (C=O) groups is 2. The molecule has 8 bridgehead atoms. The van der Waals surface area contributed by atoms with E-state index in [1.165, 1.54) is 7.11 Å². The normalized spacial score (nSPS) is 22.5. The van der Waals surface area contributed by atoms with Gasteiger partial charge >= 0.3 is 29.0 Å². The number of fused-ring (bicyclic) bond motifs is 7. The molecule has 3 atom stereocenters. The number of aromatic nitrogens is 3. The summed E-state index contributed by atoms with van der Waals surface area (Å²) in [5, 5.41) is 14.1. The van der Waals surface area contributed by atoms with Crippen LogP contribution in [-0.4, -0.2) is 59.3 Å². The number of esters is 1. The van der Waals surface area contributed by atoms with Crippen LogP contribution in [0.2, 0.25) is 0 Å². The van der Waals surface area contributed by atoms with E-state index in [2.05, 4.69) is 20.4 Å². The number of methoxy groups -OCH3 is 1. The molecule has 9 heteroatoms. The van der Waals surface area contributed by atoms with Crippen LogP contribution in [0.3, 0.4) is 0 Å². The molecule has 216 valence electrons. The van der Waals surface area contributed by atoms with Crippen LogP contribution in [0, 0.1) is 25.7 Å². The van der Waals surface area contributed by atoms with Crippen LogP contribution in [0.15, 0.2) is 17.1 Å². The van der Waals surface area contributed by atoms with Gasteiger partial charge in [0.25, 0.3) is 0 Å². The first-order valence-electron chi connectivity index (χ1n) is 14.3. The van der Waals surface area contributed by atoms with Crippen LogP contribution in [0.1, 0.15) is 76.8 Å². The molecule has 3 aliphatic rings. The second-order valence-corrected chi connectivity index (χ2v) is 11.1. The summed E-state index contributed by atoms with van der Waals surface area (Å²) >= 11 is 0. The third kappa shape index (κ3) is 4.43. The third-order valence-corrected chi connectivity index (χ3v) is 9.15. The Kier molecular flexibility index (Phi) is 8.09. The van der Waals surface area contributed by atoms with Gasteiger partial charge in [0, 0.05) is 22.8 Å². The van der Waals surface area contributed by atoms with E-state index in [4.69, 9.17) is 24.7 Å². The maximum Gasteiger partial charge on any atom is 2.00 e. The molecule has 0 spiro atoms. The summed E-state index contributed by atoms with van der Waals surface area (Å²) in [7, 11) is 1.31. The summed E-state index contributed by atoms with van der Waals surface area (Å²) in [6.45, 7) is 14.1. The number of aliphatic hydroxyl groups is 1. The van der Waals surface area contributed by atoms with Crippen LogP contribution < -0.4 is 36.3 Å². The van der Waals surface area contributed by atoms with E-state index in [-0.39, 0.29) is 46.2 Å². The van der Waals surface area contributed by atoms with E-state index in [9.17, 15) is 14.7 Å². The molecule has 0 aromatic carbocycles. The zero-order valence-electron chi connectivity index (χ0n) is 25.4. The SMILES string of the molecule is C=Cc1c(C)/c2[n-]/c1=C\c1[n-]c(c(CC)c1C=O)/C=c1\[n-]c3c(c1C)C(O)=C(C(=O)OC)C=3C1N=C(\C=2)[C@@H](C)[C@@H]1CC.[Mg+2]. The first-order valence-corrected chi connectivity index (χ1v) is 14.3. The fourth-order valence-electron chi connectivity index (χ4n) is 6.84. The second-order valence-electron chi connectivity index (χ2n) is 11.1. The maximum absolute atomic E-state index is 13.1. The van der Waals surface area contributed by atoms with Crippen molar-refractivity contribution in [2.24, 2.45) is 16.8 Å². The predicted octanol–water partition coefficient (Wildman–Crippen LogP) is 1.36. The van der Waals surface area contributed by atoms with E-state index in [0.29, 0.717) is 56.1 Å². The van der Waals surface area contributed by atoms with Gasteiger partial charge in [0.15, 0.2) is 0 Å². The van der Waals surface area contributed by atoms with Crippen LogP contribution in [0.25, 0.3) is 35.6 Å². The van der Waals surface area contributed by atoms with Gasteiger partial charge in [-0.25, -0.2) is 4.79 Å². The third-order valence-electron chi connectivity index (χ3n) is 9.15. The molecule has 1 unspecified atom stereocenters. The topological polar surface area (TPSA) is 118 Å². The molecular weight excluding hydrogens is 553 g/mol. The molecule has 0 radical (unpaired) electrons. The van der Waals surface area contributed by atoms with Gasteiger partial charge in [-0.2, -0.15) is 0 Å². The largest absolute Gasteiger partial charge is 2.00 e. The Morgan fingerprint density at radius 1 is 1.05 bits per heavy atom. The van der Waals surface area contributed by atoms with E-state index in [1.54, 1.807) is 6.08 Å². The zero-order chi connectivity index (χ0) is 30.0. The molecule has 0 amide bonds. The van der Waals surface area contributed by atoms with E-state index < -0.39 is 12.0 Å². The first kappa shape index (κ1) is 30.6. The van der Waals surface area contributed by atoms with Gasteiger partial charge in [-0.3, -0.25) is 9.79 Å². The summed E-state index contributed by atoms with van der Waals surface area (Å²) < 4.78 is 5.14. The quantitative estimate of drug-likeness (QED) is 0.273. The minimum absolute atomic E-state index is 0. The maximum atomic E-state index is 13.1. The molecule has 43 heavy (non-hydrogen) atoms. The summed E-state index contributed by atoms with van der Waals surface area (Å²) in [4.78, 5) is 45.4. The van der Waals surface area contributed by atoms with Crippen molar-refractivity contribution in [3.8, 4) is 0 Å². The Morgan fingerprint density at radius 3 is 2.37 bits per heavy atom. The smallest absolute Gasteiger partial charge is 0.657 e. The summed E-state index contributed by atoms with van der Waals surface area (Å²) in [6.07, 6.45) is 9.71. The van der Waals surface area contributed by atoms with Gasteiger partial charge in [0.1, 0.15) is 17.6 Å². The number of aldehydes is 1. The number of nitrogens with zero attached hydrogens (tertiary/aromatic N) is 4. The minimum Gasteiger partial charge on any atom is -0.657 e. The fraction of sp³-hybridized carbons (Fsp3) is 0.324. The van der Waals surface area contributed by atoms with Crippen molar-refractivity contribution < 1.29 is 19.4 Å². The number of aliphatic imine (C=N–C) groups is 1. The predicted molar refractivity (Wildman–Crippen MR) is 169 cm³/mol. The van der Waals surface area contributed by atoms with Crippen molar-refractivity contribution >= 4 is 76.7 Å². The van der Waals surface area contributed by atoms with Crippen LogP contribution >= 0.6 is 0 Å². The number of ether oxygens (including phenoxy) is 1. The van der Waals surface area contributed by atoms with E-state index in [1.807, 2.05) is 39.0 Å². The average molecular weight is 586 g/mol. The molecule has 2 aliphatic heterocycles. The number of hydrogen-bond acceptors (Lipinski definition) is 5. The Hall–Kier alpha value is -3.82. The Balaban J connectivity index is 0.00000368. The summed E-state index contributed by atoms with van der Waals surface area (Å²) in [5.41, 5.74) is 7.09. The van der Waals surface area contributed by atoms with E-state index >= 15 is 0 Å². The van der Waals surface area contributed by atoms with Crippen LogP contribution in [0.5, 0.6) is 0 Å². The van der Waals surface area contributed by atoms with Gasteiger partial charge in [0.2, 0.25) is 0 Å². The van der Waals surface area contributed by atoms with Gasteiger partial charge in [0.05, 0.1) is 13.2 Å².